The molecule has 5 heteroatoms. The summed E-state index contributed by atoms with van der Waals surface area (Å²) in [4.78, 5) is 12.1. The fourth-order valence-corrected chi connectivity index (χ4v) is 3.23. The van der Waals surface area contributed by atoms with Gasteiger partial charge >= 0.3 is 0 Å². The fourth-order valence-electron chi connectivity index (χ4n) is 3.23. The molecule has 19 heavy (non-hydrogen) atoms. The lowest BCUT2D eigenvalue weighted by Gasteiger charge is -2.38. The van der Waals surface area contributed by atoms with Crippen LogP contribution in [0, 0.1) is 0 Å². The van der Waals surface area contributed by atoms with Gasteiger partial charge in [0.05, 0.1) is 12.2 Å². The first kappa shape index (κ1) is 12.7. The van der Waals surface area contributed by atoms with Gasteiger partial charge in [-0.15, -0.1) is 0 Å². The summed E-state index contributed by atoms with van der Waals surface area (Å²) < 4.78 is 1.92. The number of nitrogens with one attached hydrogen (secondary N) is 1. The predicted molar refractivity (Wildman–Crippen MR) is 72.4 cm³/mol. The standard InChI is InChI=1S/C14H22N4O/c1-18-12-5-2-4-11(10(12)9-16-18)17-13(19)8-14(15)6-3-7-14/h9,11H,2-8,15H2,1H3,(H,17,19). The molecule has 3 rings (SSSR count). The van der Waals surface area contributed by atoms with Crippen molar-refractivity contribution >= 4 is 5.91 Å². The van der Waals surface area contributed by atoms with Crippen molar-refractivity contribution in [3.05, 3.63) is 17.5 Å². The summed E-state index contributed by atoms with van der Waals surface area (Å²) in [6.07, 6.45) is 8.61. The lowest BCUT2D eigenvalue weighted by Crippen LogP contribution is -2.50. The van der Waals surface area contributed by atoms with E-state index in [2.05, 4.69) is 10.4 Å². The number of amides is 1. The van der Waals surface area contributed by atoms with Gasteiger partial charge in [-0.3, -0.25) is 9.48 Å². The average Bonchev–Trinajstić information content (AvgIpc) is 2.70. The number of aryl methyl sites for hydroxylation is 1. The second-order valence-corrected chi connectivity index (χ2v) is 6.08. The predicted octanol–water partition coefficient (Wildman–Crippen LogP) is 1.19. The SMILES string of the molecule is Cn1ncc2c1CCCC2NC(=O)CC1(N)CCC1. The van der Waals surface area contributed by atoms with Crippen LogP contribution in [-0.4, -0.2) is 21.2 Å². The molecule has 1 aromatic heterocycles. The van der Waals surface area contributed by atoms with Gasteiger partial charge in [0, 0.05) is 30.3 Å². The van der Waals surface area contributed by atoms with Crippen LogP contribution in [-0.2, 0) is 18.3 Å². The molecule has 0 bridgehead atoms. The van der Waals surface area contributed by atoms with E-state index in [-0.39, 0.29) is 17.5 Å². The van der Waals surface area contributed by atoms with Crippen LogP contribution >= 0.6 is 0 Å². The molecule has 1 fully saturated rings. The Morgan fingerprint density at radius 3 is 3.05 bits per heavy atom. The van der Waals surface area contributed by atoms with Gasteiger partial charge in [-0.1, -0.05) is 0 Å². The maximum atomic E-state index is 12.1. The molecule has 0 aliphatic heterocycles. The molecule has 0 radical (unpaired) electrons. The molecule has 2 aliphatic rings. The summed E-state index contributed by atoms with van der Waals surface area (Å²) in [6, 6.07) is 0.119. The van der Waals surface area contributed by atoms with Crippen LogP contribution in [0.3, 0.4) is 0 Å². The van der Waals surface area contributed by atoms with Crippen LogP contribution < -0.4 is 11.1 Å². The maximum Gasteiger partial charge on any atom is 0.222 e. The van der Waals surface area contributed by atoms with Crippen molar-refractivity contribution in [2.45, 2.75) is 56.5 Å². The van der Waals surface area contributed by atoms with E-state index in [0.29, 0.717) is 6.42 Å². The number of hydrogen-bond acceptors (Lipinski definition) is 3. The van der Waals surface area contributed by atoms with E-state index in [1.807, 2.05) is 17.9 Å². The molecule has 1 heterocycles. The maximum absolute atomic E-state index is 12.1. The summed E-state index contributed by atoms with van der Waals surface area (Å²) in [5.41, 5.74) is 8.33. The van der Waals surface area contributed by atoms with Gasteiger partial charge in [-0.05, 0) is 38.5 Å². The number of nitrogens with zero attached hydrogens (tertiary/aromatic N) is 2. The van der Waals surface area contributed by atoms with Crippen LogP contribution in [0.4, 0.5) is 0 Å². The third kappa shape index (κ3) is 2.39. The third-order valence-electron chi connectivity index (χ3n) is 4.57. The molecule has 5 nitrogen and oxygen atoms in total. The van der Waals surface area contributed by atoms with E-state index in [9.17, 15) is 4.79 Å². The molecule has 0 spiro atoms. The highest BCUT2D eigenvalue weighted by atomic mass is 16.1. The molecule has 0 aromatic carbocycles. The summed E-state index contributed by atoms with van der Waals surface area (Å²) in [5.74, 6) is 0.0869. The Morgan fingerprint density at radius 1 is 1.58 bits per heavy atom. The Hall–Kier alpha value is -1.36. The summed E-state index contributed by atoms with van der Waals surface area (Å²) in [7, 11) is 1.96. The minimum Gasteiger partial charge on any atom is -0.349 e. The Balaban J connectivity index is 1.65. The highest BCUT2D eigenvalue weighted by molar-refractivity contribution is 5.78. The molecule has 1 unspecified atom stereocenters. The molecule has 0 saturated heterocycles. The van der Waals surface area contributed by atoms with Crippen LogP contribution in [0.2, 0.25) is 0 Å². The number of carbonyl (C=O) groups is 1. The molecule has 1 aromatic rings. The number of fused-ring (bicyclic) bond motifs is 1. The number of rotatable bonds is 3. The number of carbonyl (C=O) groups excluding carboxylic acids is 1. The van der Waals surface area contributed by atoms with Crippen molar-refractivity contribution in [1.82, 2.24) is 15.1 Å². The second kappa shape index (κ2) is 4.63. The number of nitrogens with two attached hydrogens (primary N) is 1. The van der Waals surface area contributed by atoms with Crippen LogP contribution in [0.25, 0.3) is 0 Å². The van der Waals surface area contributed by atoms with Crippen LogP contribution in [0.15, 0.2) is 6.20 Å². The van der Waals surface area contributed by atoms with E-state index >= 15 is 0 Å². The smallest absolute Gasteiger partial charge is 0.222 e. The molecular formula is C14H22N4O. The summed E-state index contributed by atoms with van der Waals surface area (Å²) >= 11 is 0. The Bertz CT molecular complexity index is 490. The quantitative estimate of drug-likeness (QED) is 0.859. The first-order valence-electron chi connectivity index (χ1n) is 7.16. The van der Waals surface area contributed by atoms with E-state index in [1.54, 1.807) is 0 Å². The lowest BCUT2D eigenvalue weighted by molar-refractivity contribution is -0.123. The molecule has 104 valence electrons. The van der Waals surface area contributed by atoms with Crippen LogP contribution in [0.5, 0.6) is 0 Å². The van der Waals surface area contributed by atoms with Crippen LogP contribution in [0.1, 0.15) is 55.8 Å². The van der Waals surface area contributed by atoms with Crippen molar-refractivity contribution in [3.63, 3.8) is 0 Å². The third-order valence-corrected chi connectivity index (χ3v) is 4.57. The first-order valence-corrected chi connectivity index (χ1v) is 7.16. The van der Waals surface area contributed by atoms with E-state index < -0.39 is 0 Å². The van der Waals surface area contributed by atoms with E-state index in [4.69, 9.17) is 5.73 Å². The van der Waals surface area contributed by atoms with Gasteiger partial charge in [0.1, 0.15) is 0 Å². The molecule has 2 aliphatic carbocycles. The van der Waals surface area contributed by atoms with Crippen molar-refractivity contribution in [2.24, 2.45) is 12.8 Å². The molecule has 1 amide bonds. The van der Waals surface area contributed by atoms with Crippen molar-refractivity contribution < 1.29 is 4.79 Å². The number of aromatic nitrogens is 2. The average molecular weight is 262 g/mol. The van der Waals surface area contributed by atoms with Crippen molar-refractivity contribution in [1.29, 1.82) is 0 Å². The summed E-state index contributed by atoms with van der Waals surface area (Å²) in [5, 5.41) is 7.44. The monoisotopic (exact) mass is 262 g/mol. The molecule has 1 atom stereocenters. The van der Waals surface area contributed by atoms with Gasteiger partial charge < -0.3 is 11.1 Å². The molecule has 3 N–H and O–H groups in total. The zero-order valence-corrected chi connectivity index (χ0v) is 11.5. The topological polar surface area (TPSA) is 72.9 Å². The Kier molecular flexibility index (Phi) is 3.09. The van der Waals surface area contributed by atoms with E-state index in [0.717, 1.165) is 38.5 Å². The minimum absolute atomic E-state index is 0.0869. The fraction of sp³-hybridized carbons (Fsp3) is 0.714. The Morgan fingerprint density at radius 2 is 2.37 bits per heavy atom. The van der Waals surface area contributed by atoms with Gasteiger partial charge in [0.15, 0.2) is 0 Å². The highest BCUT2D eigenvalue weighted by Gasteiger charge is 2.35. The molecule has 1 saturated carbocycles. The normalized spacial score (nSPS) is 24.4. The second-order valence-electron chi connectivity index (χ2n) is 6.08. The largest absolute Gasteiger partial charge is 0.349 e. The van der Waals surface area contributed by atoms with Gasteiger partial charge in [-0.25, -0.2) is 0 Å². The lowest BCUT2D eigenvalue weighted by atomic mass is 9.75. The van der Waals surface area contributed by atoms with Crippen molar-refractivity contribution in [2.75, 3.05) is 0 Å². The van der Waals surface area contributed by atoms with Gasteiger partial charge in [0.25, 0.3) is 0 Å². The first-order chi connectivity index (χ1) is 9.07. The Labute approximate surface area is 113 Å². The zero-order chi connectivity index (χ0) is 13.5. The van der Waals surface area contributed by atoms with Crippen molar-refractivity contribution in [3.8, 4) is 0 Å². The van der Waals surface area contributed by atoms with E-state index in [1.165, 1.54) is 11.3 Å². The van der Waals surface area contributed by atoms with Gasteiger partial charge in [0.2, 0.25) is 5.91 Å². The zero-order valence-electron chi connectivity index (χ0n) is 11.5. The van der Waals surface area contributed by atoms with Gasteiger partial charge in [-0.2, -0.15) is 5.10 Å². The minimum atomic E-state index is -0.240. The molecular weight excluding hydrogens is 240 g/mol. The highest BCUT2D eigenvalue weighted by Crippen LogP contribution is 2.33. The summed E-state index contributed by atoms with van der Waals surface area (Å²) in [6.45, 7) is 0. The number of hydrogen-bond donors (Lipinski definition) is 2.